The Hall–Kier alpha value is -2.57. The molecule has 0 atom stereocenters. The lowest BCUT2D eigenvalue weighted by atomic mass is 9.96. The Labute approximate surface area is 129 Å². The van der Waals surface area contributed by atoms with E-state index in [1.807, 2.05) is 18.2 Å². The lowest BCUT2D eigenvalue weighted by molar-refractivity contribution is 0.244. The molecule has 1 saturated carbocycles. The number of anilines is 1. The van der Waals surface area contributed by atoms with Gasteiger partial charge in [0, 0.05) is 11.6 Å². The van der Waals surface area contributed by atoms with Gasteiger partial charge in [0.2, 0.25) is 5.96 Å². The van der Waals surface area contributed by atoms with Crippen molar-refractivity contribution in [3.8, 4) is 0 Å². The van der Waals surface area contributed by atoms with Crippen LogP contribution in [0.5, 0.6) is 0 Å². The van der Waals surface area contributed by atoms with Crippen LogP contribution in [0.2, 0.25) is 0 Å². The Morgan fingerprint density at radius 3 is 2.64 bits per heavy atom. The summed E-state index contributed by atoms with van der Waals surface area (Å²) in [5.74, 6) is -0.114. The number of amides is 2. The van der Waals surface area contributed by atoms with Crippen LogP contribution in [0.25, 0.3) is 0 Å². The van der Waals surface area contributed by atoms with E-state index in [9.17, 15) is 4.79 Å². The van der Waals surface area contributed by atoms with Gasteiger partial charge in [0.1, 0.15) is 0 Å². The first-order valence-corrected chi connectivity index (χ1v) is 7.43. The topological polar surface area (TPSA) is 118 Å². The minimum Gasteiger partial charge on any atom is -0.369 e. The molecule has 0 saturated heterocycles. The number of para-hydroxylation sites is 1. The molecule has 118 valence electrons. The average molecular weight is 302 g/mol. The molecule has 1 aromatic carbocycles. The second-order valence-electron chi connectivity index (χ2n) is 5.29. The fourth-order valence-electron chi connectivity index (χ4n) is 2.47. The van der Waals surface area contributed by atoms with Gasteiger partial charge in [-0.25, -0.2) is 4.79 Å². The summed E-state index contributed by atoms with van der Waals surface area (Å²) in [4.78, 5) is 12.1. The van der Waals surface area contributed by atoms with E-state index in [1.54, 1.807) is 6.07 Å². The summed E-state index contributed by atoms with van der Waals surface area (Å²) in [6, 6.07) is 7.37. The van der Waals surface area contributed by atoms with Crippen molar-refractivity contribution in [2.75, 3.05) is 5.32 Å². The molecule has 2 rings (SSSR count). The van der Waals surface area contributed by atoms with Crippen LogP contribution in [0.4, 0.5) is 10.5 Å². The molecule has 22 heavy (non-hydrogen) atoms. The van der Waals surface area contributed by atoms with Crippen molar-refractivity contribution in [2.24, 2.45) is 21.7 Å². The Balaban J connectivity index is 1.98. The maximum Gasteiger partial charge on any atom is 0.319 e. The van der Waals surface area contributed by atoms with Crippen LogP contribution in [0, 0.1) is 0 Å². The summed E-state index contributed by atoms with van der Waals surface area (Å²) in [7, 11) is 0. The maximum atomic E-state index is 12.1. The second kappa shape index (κ2) is 8.02. The zero-order chi connectivity index (χ0) is 15.8. The lowest BCUT2D eigenvalue weighted by Gasteiger charge is -2.23. The molecule has 0 heterocycles. The Morgan fingerprint density at radius 1 is 1.18 bits per heavy atom. The van der Waals surface area contributed by atoms with Gasteiger partial charge < -0.3 is 22.1 Å². The summed E-state index contributed by atoms with van der Waals surface area (Å²) in [5.41, 5.74) is 11.8. The SMILES string of the molecule is NC(N)=NN=Cc1ccccc1NC(=O)NC1CCCCC1. The average Bonchev–Trinajstić information content (AvgIpc) is 2.49. The van der Waals surface area contributed by atoms with Gasteiger partial charge in [-0.15, -0.1) is 5.10 Å². The van der Waals surface area contributed by atoms with Crippen LogP contribution >= 0.6 is 0 Å². The van der Waals surface area contributed by atoms with Crippen LogP contribution in [0.1, 0.15) is 37.7 Å². The van der Waals surface area contributed by atoms with Crippen molar-refractivity contribution < 1.29 is 4.79 Å². The van der Waals surface area contributed by atoms with E-state index in [2.05, 4.69) is 20.8 Å². The van der Waals surface area contributed by atoms with E-state index < -0.39 is 0 Å². The number of urea groups is 1. The highest BCUT2D eigenvalue weighted by Crippen LogP contribution is 2.18. The molecule has 0 radical (unpaired) electrons. The molecule has 1 fully saturated rings. The summed E-state index contributed by atoms with van der Waals surface area (Å²) < 4.78 is 0. The predicted octanol–water partition coefficient (Wildman–Crippen LogP) is 1.75. The number of carbonyl (C=O) groups excluding carboxylic acids is 1. The molecular weight excluding hydrogens is 280 g/mol. The monoisotopic (exact) mass is 302 g/mol. The first-order valence-electron chi connectivity index (χ1n) is 7.43. The lowest BCUT2D eigenvalue weighted by Crippen LogP contribution is -2.39. The normalized spacial score (nSPS) is 15.5. The Morgan fingerprint density at radius 2 is 1.91 bits per heavy atom. The molecule has 0 bridgehead atoms. The second-order valence-corrected chi connectivity index (χ2v) is 5.29. The van der Waals surface area contributed by atoms with Crippen molar-refractivity contribution in [3.05, 3.63) is 29.8 Å². The predicted molar refractivity (Wildman–Crippen MR) is 88.9 cm³/mol. The molecule has 0 aromatic heterocycles. The maximum absolute atomic E-state index is 12.1. The van der Waals surface area contributed by atoms with Gasteiger partial charge in [0.25, 0.3) is 0 Å². The fourth-order valence-corrected chi connectivity index (χ4v) is 2.47. The number of nitrogens with two attached hydrogens (primary N) is 2. The largest absolute Gasteiger partial charge is 0.369 e. The third-order valence-corrected chi connectivity index (χ3v) is 3.52. The van der Waals surface area contributed by atoms with E-state index in [0.29, 0.717) is 5.69 Å². The standard InChI is InChI=1S/C15H22N6O/c16-14(17)21-18-10-11-6-4-5-9-13(11)20-15(22)19-12-7-2-1-3-8-12/h4-6,9-10,12H,1-3,7-8H2,(H4,16,17,21)(H2,19,20,22). The van der Waals surface area contributed by atoms with Crippen molar-refractivity contribution >= 4 is 23.9 Å². The van der Waals surface area contributed by atoms with Crippen molar-refractivity contribution in [1.82, 2.24) is 5.32 Å². The van der Waals surface area contributed by atoms with Gasteiger partial charge >= 0.3 is 6.03 Å². The molecule has 0 unspecified atom stereocenters. The number of carbonyl (C=O) groups is 1. The summed E-state index contributed by atoms with van der Waals surface area (Å²) in [5, 5.41) is 13.2. The quantitative estimate of drug-likeness (QED) is 0.385. The van der Waals surface area contributed by atoms with E-state index in [1.165, 1.54) is 25.5 Å². The Bertz CT molecular complexity index is 559. The van der Waals surface area contributed by atoms with E-state index in [-0.39, 0.29) is 18.0 Å². The third-order valence-electron chi connectivity index (χ3n) is 3.52. The molecule has 7 heteroatoms. The fraction of sp³-hybridized carbons (Fsp3) is 0.400. The molecule has 1 aliphatic carbocycles. The first kappa shape index (κ1) is 15.8. The van der Waals surface area contributed by atoms with E-state index >= 15 is 0 Å². The smallest absolute Gasteiger partial charge is 0.319 e. The number of hydrogen-bond acceptors (Lipinski definition) is 3. The molecule has 6 N–H and O–H groups in total. The first-order chi connectivity index (χ1) is 10.6. The number of nitrogens with one attached hydrogen (secondary N) is 2. The van der Waals surface area contributed by atoms with Gasteiger partial charge in [-0.2, -0.15) is 5.10 Å². The minimum atomic E-state index is -0.199. The molecule has 1 aromatic rings. The number of nitrogens with zero attached hydrogens (tertiary/aromatic N) is 2. The van der Waals surface area contributed by atoms with Crippen LogP contribution < -0.4 is 22.1 Å². The molecule has 1 aliphatic rings. The van der Waals surface area contributed by atoms with Crippen molar-refractivity contribution in [2.45, 2.75) is 38.1 Å². The zero-order valence-electron chi connectivity index (χ0n) is 12.5. The molecule has 7 nitrogen and oxygen atoms in total. The number of rotatable bonds is 4. The molecular formula is C15H22N6O. The van der Waals surface area contributed by atoms with Crippen LogP contribution in [-0.2, 0) is 0 Å². The van der Waals surface area contributed by atoms with Gasteiger partial charge in [0.05, 0.1) is 11.9 Å². The molecule has 0 spiro atoms. The van der Waals surface area contributed by atoms with Crippen molar-refractivity contribution in [1.29, 1.82) is 0 Å². The number of guanidine groups is 1. The van der Waals surface area contributed by atoms with E-state index in [0.717, 1.165) is 18.4 Å². The minimum absolute atomic E-state index is 0.114. The number of hydrogen-bond donors (Lipinski definition) is 4. The summed E-state index contributed by atoms with van der Waals surface area (Å²) in [6.07, 6.45) is 7.18. The third kappa shape index (κ3) is 5.08. The Kier molecular flexibility index (Phi) is 5.76. The summed E-state index contributed by atoms with van der Waals surface area (Å²) in [6.45, 7) is 0. The van der Waals surface area contributed by atoms with Gasteiger partial charge in [0.15, 0.2) is 0 Å². The van der Waals surface area contributed by atoms with Gasteiger partial charge in [-0.3, -0.25) is 0 Å². The highest BCUT2D eigenvalue weighted by atomic mass is 16.2. The molecule has 0 aliphatic heterocycles. The highest BCUT2D eigenvalue weighted by Gasteiger charge is 2.15. The zero-order valence-corrected chi connectivity index (χ0v) is 12.5. The summed E-state index contributed by atoms with van der Waals surface area (Å²) >= 11 is 0. The van der Waals surface area contributed by atoms with Crippen LogP contribution in [0.15, 0.2) is 34.5 Å². The molecule has 2 amide bonds. The van der Waals surface area contributed by atoms with Crippen LogP contribution in [-0.4, -0.2) is 24.2 Å². The highest BCUT2D eigenvalue weighted by molar-refractivity contribution is 5.96. The van der Waals surface area contributed by atoms with Gasteiger partial charge in [-0.1, -0.05) is 37.5 Å². The van der Waals surface area contributed by atoms with Gasteiger partial charge in [-0.05, 0) is 18.9 Å². The van der Waals surface area contributed by atoms with Crippen LogP contribution in [0.3, 0.4) is 0 Å². The van der Waals surface area contributed by atoms with E-state index in [4.69, 9.17) is 11.5 Å². The van der Waals surface area contributed by atoms with Crippen molar-refractivity contribution in [3.63, 3.8) is 0 Å². The number of benzene rings is 1.